The molecule has 0 aliphatic rings. The molecule has 24 heavy (non-hydrogen) atoms. The SMILES string of the molecule is CCCCCNCc1cc(Cl)ccc1OCc1ccc(Cl)cc1.Cl. The maximum absolute atomic E-state index is 6.12. The Bertz CT molecular complexity index is 602. The molecule has 2 nitrogen and oxygen atoms in total. The number of nitrogens with one attached hydrogen (secondary N) is 1. The molecule has 0 bridgehead atoms. The Morgan fingerprint density at radius 3 is 2.38 bits per heavy atom. The van der Waals surface area contributed by atoms with Gasteiger partial charge in [0.15, 0.2) is 0 Å². The molecule has 2 rings (SSSR count). The van der Waals surface area contributed by atoms with Crippen molar-refractivity contribution in [2.45, 2.75) is 39.3 Å². The fourth-order valence-corrected chi connectivity index (χ4v) is 2.61. The Morgan fingerprint density at radius 2 is 1.67 bits per heavy atom. The minimum Gasteiger partial charge on any atom is -0.489 e. The van der Waals surface area contributed by atoms with E-state index in [0.717, 1.165) is 40.0 Å². The Hall–Kier alpha value is -0.930. The van der Waals surface area contributed by atoms with Crippen molar-refractivity contribution in [1.82, 2.24) is 5.32 Å². The number of unbranched alkanes of at least 4 members (excludes halogenated alkanes) is 2. The van der Waals surface area contributed by atoms with Gasteiger partial charge in [0.05, 0.1) is 0 Å². The zero-order valence-electron chi connectivity index (χ0n) is 13.9. The summed E-state index contributed by atoms with van der Waals surface area (Å²) in [6.07, 6.45) is 3.68. The van der Waals surface area contributed by atoms with Gasteiger partial charge in [0, 0.05) is 22.2 Å². The normalized spacial score (nSPS) is 10.3. The van der Waals surface area contributed by atoms with Crippen molar-refractivity contribution in [3.05, 3.63) is 63.6 Å². The molecule has 132 valence electrons. The predicted octanol–water partition coefficient (Wildman–Crippen LogP) is 6.27. The van der Waals surface area contributed by atoms with Crippen molar-refractivity contribution < 1.29 is 4.74 Å². The van der Waals surface area contributed by atoms with Crippen molar-refractivity contribution in [2.24, 2.45) is 0 Å². The molecule has 0 aliphatic heterocycles. The van der Waals surface area contributed by atoms with Gasteiger partial charge in [0.2, 0.25) is 0 Å². The van der Waals surface area contributed by atoms with Crippen LogP contribution in [0.2, 0.25) is 10.0 Å². The number of ether oxygens (including phenoxy) is 1. The van der Waals surface area contributed by atoms with Crippen molar-refractivity contribution in [2.75, 3.05) is 6.54 Å². The van der Waals surface area contributed by atoms with E-state index in [-0.39, 0.29) is 12.4 Å². The molecule has 0 atom stereocenters. The fraction of sp³-hybridized carbons (Fsp3) is 0.368. The van der Waals surface area contributed by atoms with Gasteiger partial charge in [0.1, 0.15) is 12.4 Å². The standard InChI is InChI=1S/C19H23Cl2NO.ClH/c1-2-3-4-11-22-13-16-12-18(21)9-10-19(16)23-14-15-5-7-17(20)8-6-15;/h5-10,12,22H,2-4,11,13-14H2,1H3;1H. The summed E-state index contributed by atoms with van der Waals surface area (Å²) in [7, 11) is 0. The lowest BCUT2D eigenvalue weighted by atomic mass is 10.2. The van der Waals surface area contributed by atoms with Crippen molar-refractivity contribution in [3.63, 3.8) is 0 Å². The molecule has 0 aliphatic carbocycles. The molecule has 0 fully saturated rings. The summed E-state index contributed by atoms with van der Waals surface area (Å²) in [4.78, 5) is 0. The molecule has 2 aromatic rings. The van der Waals surface area contributed by atoms with Crippen molar-refractivity contribution in [1.29, 1.82) is 0 Å². The van der Waals surface area contributed by atoms with Crippen LogP contribution in [0.3, 0.4) is 0 Å². The Balaban J connectivity index is 0.00000288. The minimum atomic E-state index is 0. The average Bonchev–Trinajstić information content (AvgIpc) is 2.55. The first-order valence-electron chi connectivity index (χ1n) is 8.05. The molecular formula is C19H24Cl3NO. The molecule has 0 aromatic heterocycles. The lowest BCUT2D eigenvalue weighted by molar-refractivity contribution is 0.302. The lowest BCUT2D eigenvalue weighted by Gasteiger charge is -2.13. The highest BCUT2D eigenvalue weighted by Gasteiger charge is 2.05. The Labute approximate surface area is 160 Å². The van der Waals surface area contributed by atoms with Crippen LogP contribution in [-0.4, -0.2) is 6.54 Å². The molecule has 0 spiro atoms. The van der Waals surface area contributed by atoms with E-state index >= 15 is 0 Å². The summed E-state index contributed by atoms with van der Waals surface area (Å²) in [6.45, 7) is 4.50. The van der Waals surface area contributed by atoms with Gasteiger partial charge in [-0.2, -0.15) is 0 Å². The van der Waals surface area contributed by atoms with Crippen LogP contribution in [0.25, 0.3) is 0 Å². The maximum atomic E-state index is 6.12. The second-order valence-electron chi connectivity index (χ2n) is 5.55. The smallest absolute Gasteiger partial charge is 0.124 e. The summed E-state index contributed by atoms with van der Waals surface area (Å²) in [5, 5.41) is 4.92. The number of halogens is 3. The molecule has 0 radical (unpaired) electrons. The van der Waals surface area contributed by atoms with Gasteiger partial charge in [0.25, 0.3) is 0 Å². The maximum Gasteiger partial charge on any atom is 0.124 e. The van der Waals surface area contributed by atoms with Gasteiger partial charge in [-0.25, -0.2) is 0 Å². The fourth-order valence-electron chi connectivity index (χ4n) is 2.29. The third-order valence-corrected chi connectivity index (χ3v) is 4.09. The van der Waals surface area contributed by atoms with Gasteiger partial charge in [-0.15, -0.1) is 12.4 Å². The highest BCUT2D eigenvalue weighted by atomic mass is 35.5. The highest BCUT2D eigenvalue weighted by molar-refractivity contribution is 6.30. The van der Waals surface area contributed by atoms with Crippen LogP contribution >= 0.6 is 35.6 Å². The molecule has 0 saturated carbocycles. The van der Waals surface area contributed by atoms with Gasteiger partial charge in [-0.3, -0.25) is 0 Å². The van der Waals surface area contributed by atoms with E-state index < -0.39 is 0 Å². The van der Waals surface area contributed by atoms with E-state index in [1.54, 1.807) is 0 Å². The number of rotatable bonds is 9. The third kappa shape index (κ3) is 7.31. The minimum absolute atomic E-state index is 0. The first-order chi connectivity index (χ1) is 11.2. The lowest BCUT2D eigenvalue weighted by Crippen LogP contribution is -2.15. The molecule has 0 saturated heterocycles. The summed E-state index contributed by atoms with van der Waals surface area (Å²) in [5.74, 6) is 0.868. The van der Waals surface area contributed by atoms with Crippen LogP contribution in [-0.2, 0) is 13.2 Å². The topological polar surface area (TPSA) is 21.3 Å². The van der Waals surface area contributed by atoms with Crippen LogP contribution in [0.5, 0.6) is 5.75 Å². The predicted molar refractivity (Wildman–Crippen MR) is 106 cm³/mol. The van der Waals surface area contributed by atoms with E-state index in [0.29, 0.717) is 6.61 Å². The second kappa shape index (κ2) is 11.6. The molecule has 0 unspecified atom stereocenters. The summed E-state index contributed by atoms with van der Waals surface area (Å²) >= 11 is 12.0. The summed E-state index contributed by atoms with van der Waals surface area (Å²) in [6, 6.07) is 13.4. The van der Waals surface area contributed by atoms with Gasteiger partial charge in [-0.05, 0) is 48.9 Å². The van der Waals surface area contributed by atoms with Crippen LogP contribution in [0.1, 0.15) is 37.3 Å². The van der Waals surface area contributed by atoms with Crippen molar-refractivity contribution in [3.8, 4) is 5.75 Å². The van der Waals surface area contributed by atoms with E-state index in [4.69, 9.17) is 27.9 Å². The third-order valence-electron chi connectivity index (χ3n) is 3.60. The first kappa shape index (κ1) is 21.1. The Kier molecular flexibility index (Phi) is 10.2. The van der Waals surface area contributed by atoms with Crippen molar-refractivity contribution >= 4 is 35.6 Å². The van der Waals surface area contributed by atoms with Gasteiger partial charge < -0.3 is 10.1 Å². The highest BCUT2D eigenvalue weighted by Crippen LogP contribution is 2.24. The number of hydrogen-bond acceptors (Lipinski definition) is 2. The number of hydrogen-bond donors (Lipinski definition) is 1. The molecule has 0 heterocycles. The van der Waals surface area contributed by atoms with E-state index in [2.05, 4.69) is 12.2 Å². The van der Waals surface area contributed by atoms with Crippen LogP contribution < -0.4 is 10.1 Å². The summed E-state index contributed by atoms with van der Waals surface area (Å²) < 4.78 is 5.95. The molecule has 2 aromatic carbocycles. The second-order valence-corrected chi connectivity index (χ2v) is 6.42. The van der Waals surface area contributed by atoms with Crippen LogP contribution in [0.4, 0.5) is 0 Å². The van der Waals surface area contributed by atoms with E-state index in [1.165, 1.54) is 19.3 Å². The largest absolute Gasteiger partial charge is 0.489 e. The monoisotopic (exact) mass is 387 g/mol. The molecule has 5 heteroatoms. The average molecular weight is 389 g/mol. The molecule has 0 amide bonds. The van der Waals surface area contributed by atoms with Crippen LogP contribution in [0.15, 0.2) is 42.5 Å². The zero-order chi connectivity index (χ0) is 16.5. The quantitative estimate of drug-likeness (QED) is 0.511. The van der Waals surface area contributed by atoms with Gasteiger partial charge in [-0.1, -0.05) is 55.1 Å². The van der Waals surface area contributed by atoms with Gasteiger partial charge >= 0.3 is 0 Å². The van der Waals surface area contributed by atoms with E-state index in [9.17, 15) is 0 Å². The number of benzene rings is 2. The molecular weight excluding hydrogens is 365 g/mol. The Morgan fingerprint density at radius 1 is 0.958 bits per heavy atom. The molecule has 1 N–H and O–H groups in total. The van der Waals surface area contributed by atoms with E-state index in [1.807, 2.05) is 42.5 Å². The zero-order valence-corrected chi connectivity index (χ0v) is 16.2. The first-order valence-corrected chi connectivity index (χ1v) is 8.81. The summed E-state index contributed by atoms with van der Waals surface area (Å²) in [5.41, 5.74) is 2.18. The van der Waals surface area contributed by atoms with Crippen LogP contribution in [0, 0.1) is 0 Å².